The maximum atomic E-state index is 13.7. The number of amides is 3. The molecule has 1 aliphatic heterocycles. The summed E-state index contributed by atoms with van der Waals surface area (Å²) in [6.07, 6.45) is -0.643. The minimum atomic E-state index is -3.81. The van der Waals surface area contributed by atoms with E-state index in [9.17, 15) is 27.5 Å². The molecule has 0 saturated heterocycles. The van der Waals surface area contributed by atoms with Crippen LogP contribution < -0.4 is 15.4 Å². The van der Waals surface area contributed by atoms with Crippen LogP contribution in [0.15, 0.2) is 71.6 Å². The molecule has 1 aliphatic rings. The van der Waals surface area contributed by atoms with Gasteiger partial charge in [0.15, 0.2) is 0 Å². The Morgan fingerprint density at radius 3 is 2.36 bits per heavy atom. The van der Waals surface area contributed by atoms with E-state index in [1.165, 1.54) is 46.6 Å². The largest absolute Gasteiger partial charge is 0.488 e. The summed E-state index contributed by atoms with van der Waals surface area (Å²) in [4.78, 5) is 27.9. The lowest BCUT2D eigenvalue weighted by Crippen LogP contribution is -2.50. The van der Waals surface area contributed by atoms with E-state index >= 15 is 0 Å². The smallest absolute Gasteiger partial charge is 0.323 e. The Morgan fingerprint density at radius 1 is 1.10 bits per heavy atom. The Kier molecular flexibility index (Phi) is 9.50. The summed E-state index contributed by atoms with van der Waals surface area (Å²) < 4.78 is 47.3. The van der Waals surface area contributed by atoms with Gasteiger partial charge in [0, 0.05) is 30.9 Å². The molecule has 0 spiro atoms. The van der Waals surface area contributed by atoms with Gasteiger partial charge in [-0.25, -0.2) is 17.6 Å². The van der Waals surface area contributed by atoms with Gasteiger partial charge >= 0.3 is 6.03 Å². The maximum Gasteiger partial charge on any atom is 0.323 e. The first-order valence-corrected chi connectivity index (χ1v) is 14.9. The van der Waals surface area contributed by atoms with Crippen LogP contribution in [0.3, 0.4) is 0 Å². The third-order valence-corrected chi connectivity index (χ3v) is 9.03. The second-order valence-corrected chi connectivity index (χ2v) is 12.6. The van der Waals surface area contributed by atoms with Crippen LogP contribution in [0, 0.1) is 18.7 Å². The molecule has 4 rings (SSSR count). The summed E-state index contributed by atoms with van der Waals surface area (Å²) in [7, 11) is -2.33. The van der Waals surface area contributed by atoms with Crippen LogP contribution in [0.2, 0.25) is 0 Å². The Balaban J connectivity index is 1.61. The number of aryl methyl sites for hydroxylation is 1. The Bertz CT molecular complexity index is 1530. The zero-order valence-corrected chi connectivity index (χ0v) is 24.7. The molecule has 0 fully saturated rings. The molecule has 10 nitrogen and oxygen atoms in total. The lowest BCUT2D eigenvalue weighted by atomic mass is 9.99. The highest BCUT2D eigenvalue weighted by Crippen LogP contribution is 2.31. The number of anilines is 2. The number of hydrogen-bond acceptors (Lipinski definition) is 6. The molecule has 0 unspecified atom stereocenters. The van der Waals surface area contributed by atoms with Gasteiger partial charge in [0.05, 0.1) is 29.7 Å². The first-order chi connectivity index (χ1) is 19.9. The molecule has 0 radical (unpaired) electrons. The van der Waals surface area contributed by atoms with E-state index in [4.69, 9.17) is 4.74 Å². The third-order valence-electron chi connectivity index (χ3n) is 7.19. The van der Waals surface area contributed by atoms with Crippen molar-refractivity contribution in [1.29, 1.82) is 0 Å². The zero-order valence-electron chi connectivity index (χ0n) is 23.9. The normalized spacial score (nSPS) is 18.0. The summed E-state index contributed by atoms with van der Waals surface area (Å²) in [5.41, 5.74) is 1.76. The number of nitrogens with zero attached hydrogens (tertiary/aromatic N) is 2. The Morgan fingerprint density at radius 2 is 1.71 bits per heavy atom. The van der Waals surface area contributed by atoms with Gasteiger partial charge in [0.25, 0.3) is 5.91 Å². The van der Waals surface area contributed by atoms with Crippen LogP contribution >= 0.6 is 0 Å². The number of benzene rings is 3. The second-order valence-electron chi connectivity index (χ2n) is 10.5. The van der Waals surface area contributed by atoms with Crippen molar-refractivity contribution >= 4 is 33.3 Å². The average Bonchev–Trinajstić information content (AvgIpc) is 2.96. The number of urea groups is 1. The Hall–Kier alpha value is -4.00. The number of fused-ring (bicyclic) bond motifs is 1. The van der Waals surface area contributed by atoms with E-state index in [0.29, 0.717) is 11.4 Å². The van der Waals surface area contributed by atoms with Gasteiger partial charge in [-0.3, -0.25) is 4.79 Å². The Labute approximate surface area is 245 Å². The van der Waals surface area contributed by atoms with Crippen LogP contribution in [-0.4, -0.2) is 73.6 Å². The number of aliphatic hydroxyl groups excluding tert-OH is 1. The zero-order chi connectivity index (χ0) is 30.6. The lowest BCUT2D eigenvalue weighted by Gasteiger charge is -2.38. The van der Waals surface area contributed by atoms with Gasteiger partial charge in [-0.15, -0.1) is 0 Å². The molecule has 1 heterocycles. The fourth-order valence-electron chi connectivity index (χ4n) is 4.59. The minimum absolute atomic E-state index is 0.00638. The topological polar surface area (TPSA) is 128 Å². The standard InChI is InChI=1S/C30H35FN4O6S/c1-19-5-12-25(13-6-19)42(39,40)34(4)17-28-20(2)16-35(21(3)18-36)29(37)26-15-24(11-14-27(26)41-28)33-30(38)32-23-9-7-22(31)8-10-23/h5-15,20-21,28,36H,16-18H2,1-4H3,(H2,32,33,38)/t20-,21-,28-/m1/s1. The first-order valence-electron chi connectivity index (χ1n) is 13.5. The maximum absolute atomic E-state index is 13.7. The van der Waals surface area contributed by atoms with Crippen molar-refractivity contribution in [2.24, 2.45) is 5.92 Å². The number of halogens is 1. The molecule has 0 saturated carbocycles. The van der Waals surface area contributed by atoms with Crippen molar-refractivity contribution < 1.29 is 32.2 Å². The quantitative estimate of drug-likeness (QED) is 0.354. The van der Waals surface area contributed by atoms with E-state index in [1.807, 2.05) is 13.8 Å². The summed E-state index contributed by atoms with van der Waals surface area (Å²) in [6, 6.07) is 15.3. The second kappa shape index (κ2) is 12.9. The predicted molar refractivity (Wildman–Crippen MR) is 158 cm³/mol. The molecule has 12 heteroatoms. The van der Waals surface area contributed by atoms with Crippen LogP contribution in [0.1, 0.15) is 29.8 Å². The summed E-state index contributed by atoms with van der Waals surface area (Å²) >= 11 is 0. The number of sulfonamides is 1. The molecular weight excluding hydrogens is 563 g/mol. The molecule has 42 heavy (non-hydrogen) atoms. The number of likely N-dealkylation sites (N-methyl/N-ethyl adjacent to an activating group) is 1. The number of rotatable bonds is 8. The molecule has 3 aromatic rings. The van der Waals surface area contributed by atoms with Crippen molar-refractivity contribution in [3.63, 3.8) is 0 Å². The first kappa shape index (κ1) is 30.9. The van der Waals surface area contributed by atoms with Gasteiger partial charge in [-0.1, -0.05) is 24.6 Å². The van der Waals surface area contributed by atoms with Crippen molar-refractivity contribution in [2.45, 2.75) is 37.8 Å². The number of ether oxygens (including phenoxy) is 1. The third kappa shape index (κ3) is 7.07. The van der Waals surface area contributed by atoms with E-state index in [1.54, 1.807) is 43.3 Å². The summed E-state index contributed by atoms with van der Waals surface area (Å²) in [6.45, 7) is 5.38. The highest BCUT2D eigenvalue weighted by Gasteiger charge is 2.35. The number of hydrogen-bond donors (Lipinski definition) is 3. The molecule has 3 aromatic carbocycles. The summed E-state index contributed by atoms with van der Waals surface area (Å²) in [5.74, 6) is -0.919. The van der Waals surface area contributed by atoms with Crippen LogP contribution in [0.25, 0.3) is 0 Å². The minimum Gasteiger partial charge on any atom is -0.488 e. The molecule has 0 bridgehead atoms. The molecule has 3 amide bonds. The monoisotopic (exact) mass is 598 g/mol. The van der Waals surface area contributed by atoms with Crippen LogP contribution in [0.5, 0.6) is 5.75 Å². The lowest BCUT2D eigenvalue weighted by molar-refractivity contribution is 0.0387. The molecule has 224 valence electrons. The average molecular weight is 599 g/mol. The number of carbonyl (C=O) groups excluding carboxylic acids is 2. The van der Waals surface area contributed by atoms with E-state index < -0.39 is 39.9 Å². The SMILES string of the molecule is Cc1ccc(S(=O)(=O)N(C)C[C@H]2Oc3ccc(NC(=O)Nc4ccc(F)cc4)cc3C(=O)N([C@H](C)CO)C[C@H]2C)cc1. The van der Waals surface area contributed by atoms with Gasteiger partial charge in [0.2, 0.25) is 10.0 Å². The number of nitrogens with one attached hydrogen (secondary N) is 2. The van der Waals surface area contributed by atoms with Gasteiger partial charge in [-0.2, -0.15) is 4.31 Å². The highest BCUT2D eigenvalue weighted by atomic mass is 32.2. The molecule has 3 atom stereocenters. The van der Waals surface area contributed by atoms with E-state index in [2.05, 4.69) is 10.6 Å². The van der Waals surface area contributed by atoms with E-state index in [-0.39, 0.29) is 41.8 Å². The van der Waals surface area contributed by atoms with Gasteiger partial charge in [0.1, 0.15) is 17.7 Å². The van der Waals surface area contributed by atoms with Crippen molar-refractivity contribution in [2.75, 3.05) is 37.4 Å². The summed E-state index contributed by atoms with van der Waals surface area (Å²) in [5, 5.41) is 15.1. The van der Waals surface area contributed by atoms with Crippen LogP contribution in [0.4, 0.5) is 20.6 Å². The predicted octanol–water partition coefficient (Wildman–Crippen LogP) is 4.32. The molecule has 3 N–H and O–H groups in total. The molecule has 0 aromatic heterocycles. The van der Waals surface area contributed by atoms with Gasteiger partial charge < -0.3 is 25.4 Å². The number of carbonyl (C=O) groups is 2. The van der Waals surface area contributed by atoms with Crippen molar-refractivity contribution in [3.8, 4) is 5.75 Å². The van der Waals surface area contributed by atoms with E-state index in [0.717, 1.165) is 5.56 Å². The van der Waals surface area contributed by atoms with Crippen LogP contribution in [-0.2, 0) is 10.0 Å². The fraction of sp³-hybridized carbons (Fsp3) is 0.333. The van der Waals surface area contributed by atoms with Crippen molar-refractivity contribution in [1.82, 2.24) is 9.21 Å². The molecular formula is C30H35FN4O6S. The van der Waals surface area contributed by atoms with Crippen molar-refractivity contribution in [3.05, 3.63) is 83.7 Å². The van der Waals surface area contributed by atoms with Gasteiger partial charge in [-0.05, 0) is 68.4 Å². The number of aliphatic hydroxyl groups is 1. The molecule has 0 aliphatic carbocycles. The fourth-order valence-corrected chi connectivity index (χ4v) is 5.77. The highest BCUT2D eigenvalue weighted by molar-refractivity contribution is 7.89.